The number of hydrazine groups is 1. The van der Waals surface area contributed by atoms with E-state index in [0.29, 0.717) is 12.2 Å². The van der Waals surface area contributed by atoms with E-state index in [0.717, 1.165) is 24.2 Å². The highest BCUT2D eigenvalue weighted by Crippen LogP contribution is 2.33. The molecule has 0 bridgehead atoms. The number of ether oxygens (including phenoxy) is 1. The molecule has 7 nitrogen and oxygen atoms in total. The number of carbonyl (C=O) groups is 2. The van der Waals surface area contributed by atoms with E-state index in [1.54, 1.807) is 14.0 Å². The molecule has 0 radical (unpaired) electrons. The van der Waals surface area contributed by atoms with E-state index in [1.165, 1.54) is 5.01 Å². The molecule has 2 unspecified atom stereocenters. The van der Waals surface area contributed by atoms with Gasteiger partial charge in [0.15, 0.2) is 0 Å². The number of amides is 2. The standard InChI is InChI=1S/C22H24N4O3/c1-15-21(27)26(17-9-4-3-5-10-17)24-20(23-15)22(28)25-13-7-12-19(25)16-8-6-11-18(14-16)29-2/h3-6,8-11,14-15,19H,7,12-13H2,1-2H3,(H,23,24). The molecule has 0 saturated carbocycles. The lowest BCUT2D eigenvalue weighted by molar-refractivity contribution is -0.125. The number of benzene rings is 2. The Morgan fingerprint density at radius 3 is 2.72 bits per heavy atom. The number of amidine groups is 1. The summed E-state index contributed by atoms with van der Waals surface area (Å²) >= 11 is 0. The first-order valence-corrected chi connectivity index (χ1v) is 9.77. The van der Waals surface area contributed by atoms with Crippen molar-refractivity contribution in [3.63, 3.8) is 0 Å². The molecule has 2 aromatic rings. The third-order valence-corrected chi connectivity index (χ3v) is 5.33. The van der Waals surface area contributed by atoms with Crippen LogP contribution in [0.2, 0.25) is 0 Å². The molecule has 7 heteroatoms. The highest BCUT2D eigenvalue weighted by molar-refractivity contribution is 6.39. The zero-order valence-corrected chi connectivity index (χ0v) is 16.5. The van der Waals surface area contributed by atoms with Gasteiger partial charge in [-0.2, -0.15) is 0 Å². The maximum absolute atomic E-state index is 13.3. The van der Waals surface area contributed by atoms with Gasteiger partial charge in [-0.05, 0) is 49.6 Å². The number of hydrogen-bond acceptors (Lipinski definition) is 5. The van der Waals surface area contributed by atoms with Crippen molar-refractivity contribution in [2.24, 2.45) is 4.99 Å². The summed E-state index contributed by atoms with van der Waals surface area (Å²) in [6, 6.07) is 16.3. The zero-order valence-electron chi connectivity index (χ0n) is 16.5. The average Bonchev–Trinajstić information content (AvgIpc) is 3.25. The van der Waals surface area contributed by atoms with E-state index in [-0.39, 0.29) is 23.7 Å². The van der Waals surface area contributed by atoms with Crippen LogP contribution in [0.25, 0.3) is 0 Å². The molecule has 4 rings (SSSR count). The van der Waals surface area contributed by atoms with Crippen LogP contribution in [0.15, 0.2) is 59.6 Å². The maximum atomic E-state index is 13.3. The summed E-state index contributed by atoms with van der Waals surface area (Å²) in [5, 5.41) is 1.40. The molecule has 2 aromatic carbocycles. The number of nitrogens with zero attached hydrogens (tertiary/aromatic N) is 3. The molecule has 2 heterocycles. The van der Waals surface area contributed by atoms with Crippen LogP contribution in [0.4, 0.5) is 5.69 Å². The van der Waals surface area contributed by atoms with Crippen LogP contribution in [-0.4, -0.2) is 42.2 Å². The highest BCUT2D eigenvalue weighted by Gasteiger charge is 2.37. The van der Waals surface area contributed by atoms with E-state index in [9.17, 15) is 9.59 Å². The Bertz CT molecular complexity index is 944. The third-order valence-electron chi connectivity index (χ3n) is 5.33. The SMILES string of the molecule is COc1cccc(C2CCCN2C(=O)C2=NC(C)C(=O)N(c3ccccc3)N2)c1. The van der Waals surface area contributed by atoms with Crippen molar-refractivity contribution in [1.29, 1.82) is 0 Å². The molecular formula is C22H24N4O3. The molecule has 2 atom stereocenters. The van der Waals surface area contributed by atoms with Gasteiger partial charge in [0.25, 0.3) is 11.8 Å². The minimum absolute atomic E-state index is 0.0415. The van der Waals surface area contributed by atoms with Crippen LogP contribution in [0, 0.1) is 0 Å². The predicted octanol–water partition coefficient (Wildman–Crippen LogP) is 2.70. The number of aliphatic imine (C=N–C) groups is 1. The highest BCUT2D eigenvalue weighted by atomic mass is 16.5. The van der Waals surface area contributed by atoms with E-state index in [1.807, 2.05) is 59.5 Å². The number of anilines is 1. The Morgan fingerprint density at radius 1 is 1.17 bits per heavy atom. The summed E-state index contributed by atoms with van der Waals surface area (Å²) in [6.07, 6.45) is 1.79. The number of hydrogen-bond donors (Lipinski definition) is 1. The summed E-state index contributed by atoms with van der Waals surface area (Å²) in [7, 11) is 1.63. The van der Waals surface area contributed by atoms with Gasteiger partial charge < -0.3 is 9.64 Å². The molecule has 2 amide bonds. The van der Waals surface area contributed by atoms with Crippen molar-refractivity contribution in [3.8, 4) is 5.75 Å². The van der Waals surface area contributed by atoms with Gasteiger partial charge in [0.2, 0.25) is 5.84 Å². The summed E-state index contributed by atoms with van der Waals surface area (Å²) in [5.74, 6) is 0.564. The fraction of sp³-hybridized carbons (Fsp3) is 0.318. The van der Waals surface area contributed by atoms with Crippen molar-refractivity contribution < 1.29 is 14.3 Å². The molecule has 1 fully saturated rings. The summed E-state index contributed by atoms with van der Waals surface area (Å²) < 4.78 is 5.33. The van der Waals surface area contributed by atoms with Crippen LogP contribution < -0.4 is 15.2 Å². The van der Waals surface area contributed by atoms with E-state index in [4.69, 9.17) is 4.74 Å². The number of methoxy groups -OCH3 is 1. The normalized spacial score (nSPS) is 21.6. The Hall–Kier alpha value is -3.35. The van der Waals surface area contributed by atoms with Gasteiger partial charge in [-0.15, -0.1) is 0 Å². The molecule has 29 heavy (non-hydrogen) atoms. The van der Waals surface area contributed by atoms with Gasteiger partial charge in [0, 0.05) is 6.54 Å². The zero-order chi connectivity index (χ0) is 20.4. The predicted molar refractivity (Wildman–Crippen MR) is 111 cm³/mol. The first-order valence-electron chi connectivity index (χ1n) is 9.77. The van der Waals surface area contributed by atoms with E-state index in [2.05, 4.69) is 10.4 Å². The minimum Gasteiger partial charge on any atom is -0.497 e. The smallest absolute Gasteiger partial charge is 0.291 e. The van der Waals surface area contributed by atoms with Crippen LogP contribution >= 0.6 is 0 Å². The molecule has 150 valence electrons. The van der Waals surface area contributed by atoms with Crippen molar-refractivity contribution in [2.45, 2.75) is 31.8 Å². The topological polar surface area (TPSA) is 74.2 Å². The molecule has 0 spiro atoms. The van der Waals surface area contributed by atoms with Gasteiger partial charge in [0.05, 0.1) is 18.8 Å². The lowest BCUT2D eigenvalue weighted by Gasteiger charge is -2.33. The Kier molecular flexibility index (Phi) is 5.20. The van der Waals surface area contributed by atoms with Crippen LogP contribution in [-0.2, 0) is 9.59 Å². The Morgan fingerprint density at radius 2 is 1.97 bits per heavy atom. The minimum atomic E-state index is -0.631. The first kappa shape index (κ1) is 19.0. The molecule has 2 aliphatic rings. The van der Waals surface area contributed by atoms with Crippen LogP contribution in [0.1, 0.15) is 31.4 Å². The van der Waals surface area contributed by atoms with Crippen molar-refractivity contribution in [2.75, 3.05) is 18.7 Å². The van der Waals surface area contributed by atoms with Crippen LogP contribution in [0.3, 0.4) is 0 Å². The monoisotopic (exact) mass is 392 g/mol. The number of nitrogens with one attached hydrogen (secondary N) is 1. The fourth-order valence-electron chi connectivity index (χ4n) is 3.84. The van der Waals surface area contributed by atoms with Crippen LogP contribution in [0.5, 0.6) is 5.75 Å². The Labute approximate surface area is 169 Å². The number of likely N-dealkylation sites (tertiary alicyclic amines) is 1. The van der Waals surface area contributed by atoms with E-state index < -0.39 is 6.04 Å². The molecule has 0 aromatic heterocycles. The average molecular weight is 392 g/mol. The quantitative estimate of drug-likeness (QED) is 0.868. The second kappa shape index (κ2) is 7.95. The third kappa shape index (κ3) is 3.68. The molecule has 1 saturated heterocycles. The molecule has 0 aliphatic carbocycles. The largest absolute Gasteiger partial charge is 0.497 e. The fourth-order valence-corrected chi connectivity index (χ4v) is 3.84. The molecular weight excluding hydrogens is 368 g/mol. The second-order valence-corrected chi connectivity index (χ2v) is 7.21. The van der Waals surface area contributed by atoms with Gasteiger partial charge >= 0.3 is 0 Å². The van der Waals surface area contributed by atoms with Gasteiger partial charge in [-0.3, -0.25) is 15.0 Å². The van der Waals surface area contributed by atoms with Crippen molar-refractivity contribution in [1.82, 2.24) is 10.3 Å². The van der Waals surface area contributed by atoms with Gasteiger partial charge in [-0.25, -0.2) is 10.0 Å². The molecule has 1 N–H and O–H groups in total. The number of para-hydroxylation sites is 1. The molecule has 2 aliphatic heterocycles. The summed E-state index contributed by atoms with van der Waals surface area (Å²) in [4.78, 5) is 32.1. The Balaban J connectivity index is 1.59. The van der Waals surface area contributed by atoms with Crippen molar-refractivity contribution >= 4 is 23.3 Å². The van der Waals surface area contributed by atoms with Crippen molar-refractivity contribution in [3.05, 3.63) is 60.2 Å². The van der Waals surface area contributed by atoms with Gasteiger partial charge in [-0.1, -0.05) is 30.3 Å². The lowest BCUT2D eigenvalue weighted by Crippen LogP contribution is -2.58. The summed E-state index contributed by atoms with van der Waals surface area (Å²) in [6.45, 7) is 2.35. The number of rotatable bonds is 4. The lowest BCUT2D eigenvalue weighted by atomic mass is 10.0. The maximum Gasteiger partial charge on any atom is 0.291 e. The van der Waals surface area contributed by atoms with Gasteiger partial charge in [0.1, 0.15) is 11.8 Å². The second-order valence-electron chi connectivity index (χ2n) is 7.21. The summed E-state index contributed by atoms with van der Waals surface area (Å²) in [5.41, 5.74) is 4.65. The number of carbonyl (C=O) groups excluding carboxylic acids is 2. The first-order chi connectivity index (χ1) is 14.1. The van der Waals surface area contributed by atoms with E-state index >= 15 is 0 Å².